The van der Waals surface area contributed by atoms with Crippen LogP contribution in [0.25, 0.3) is 0 Å². The molecule has 0 radical (unpaired) electrons. The molecule has 114 valence electrons. The number of aryl methyl sites for hydroxylation is 1. The van der Waals surface area contributed by atoms with Gasteiger partial charge in [-0.2, -0.15) is 0 Å². The molecule has 0 saturated heterocycles. The lowest BCUT2D eigenvalue weighted by atomic mass is 10.1. The van der Waals surface area contributed by atoms with Gasteiger partial charge in [0.15, 0.2) is 11.5 Å². The summed E-state index contributed by atoms with van der Waals surface area (Å²) in [6.45, 7) is 3.55. The number of fused-ring (bicyclic) bond motifs is 1. The predicted molar refractivity (Wildman–Crippen MR) is 84.5 cm³/mol. The van der Waals surface area contributed by atoms with Crippen molar-refractivity contribution in [1.82, 2.24) is 5.32 Å². The van der Waals surface area contributed by atoms with Crippen LogP contribution >= 0.6 is 0 Å². The fourth-order valence-corrected chi connectivity index (χ4v) is 2.30. The summed E-state index contributed by atoms with van der Waals surface area (Å²) in [4.78, 5) is 11.9. The van der Waals surface area contributed by atoms with E-state index in [1.165, 1.54) is 0 Å². The molecule has 0 spiro atoms. The van der Waals surface area contributed by atoms with E-state index in [1.54, 1.807) is 0 Å². The van der Waals surface area contributed by atoms with E-state index >= 15 is 0 Å². The van der Waals surface area contributed by atoms with Gasteiger partial charge in [-0.1, -0.05) is 18.2 Å². The molecular weight excluding hydrogens is 280 g/mol. The van der Waals surface area contributed by atoms with Gasteiger partial charge in [-0.25, -0.2) is 4.79 Å². The lowest BCUT2D eigenvalue weighted by molar-refractivity contribution is 0.171. The number of hydrogen-bond acceptors (Lipinski definition) is 3. The van der Waals surface area contributed by atoms with E-state index in [1.807, 2.05) is 49.4 Å². The van der Waals surface area contributed by atoms with E-state index in [2.05, 4.69) is 10.6 Å². The second kappa shape index (κ2) is 6.39. The Morgan fingerprint density at radius 3 is 2.50 bits per heavy atom. The number of urea groups is 1. The lowest BCUT2D eigenvalue weighted by Gasteiger charge is -2.20. The van der Waals surface area contributed by atoms with Crippen LogP contribution in [-0.4, -0.2) is 19.2 Å². The molecule has 5 nitrogen and oxygen atoms in total. The van der Waals surface area contributed by atoms with E-state index in [4.69, 9.17) is 9.47 Å². The van der Waals surface area contributed by atoms with Gasteiger partial charge in [0.2, 0.25) is 0 Å². The first-order valence-corrected chi connectivity index (χ1v) is 7.21. The van der Waals surface area contributed by atoms with Crippen LogP contribution in [0, 0.1) is 6.92 Å². The summed E-state index contributed by atoms with van der Waals surface area (Å²) in [5.41, 5.74) is 2.83. The fourth-order valence-electron chi connectivity index (χ4n) is 2.30. The van der Waals surface area contributed by atoms with E-state index < -0.39 is 0 Å². The summed E-state index contributed by atoms with van der Waals surface area (Å²) in [6, 6.07) is 13.0. The van der Waals surface area contributed by atoms with Crippen molar-refractivity contribution in [3.05, 3.63) is 53.6 Å². The van der Waals surface area contributed by atoms with E-state index in [-0.39, 0.29) is 6.03 Å². The van der Waals surface area contributed by atoms with Gasteiger partial charge < -0.3 is 20.1 Å². The minimum Gasteiger partial charge on any atom is -0.486 e. The molecule has 0 aliphatic carbocycles. The number of carbonyl (C=O) groups is 1. The molecule has 1 heterocycles. The van der Waals surface area contributed by atoms with Gasteiger partial charge in [-0.3, -0.25) is 0 Å². The summed E-state index contributed by atoms with van der Waals surface area (Å²) >= 11 is 0. The molecule has 0 atom stereocenters. The number of ether oxygens (including phenoxy) is 2. The number of rotatable bonds is 3. The number of carbonyl (C=O) groups excluding carboxylic acids is 1. The Morgan fingerprint density at radius 1 is 1.09 bits per heavy atom. The van der Waals surface area contributed by atoms with Crippen LogP contribution in [0.5, 0.6) is 11.5 Å². The molecule has 22 heavy (non-hydrogen) atoms. The van der Waals surface area contributed by atoms with Crippen molar-refractivity contribution in [2.75, 3.05) is 18.5 Å². The second-order valence-corrected chi connectivity index (χ2v) is 5.10. The predicted octanol–water partition coefficient (Wildman–Crippen LogP) is 3.09. The highest BCUT2D eigenvalue weighted by Crippen LogP contribution is 2.32. The molecule has 2 aromatic rings. The molecular formula is C17H18N2O3. The zero-order chi connectivity index (χ0) is 15.4. The average molecular weight is 298 g/mol. The molecule has 1 aliphatic heterocycles. The molecule has 1 aliphatic rings. The first-order chi connectivity index (χ1) is 10.7. The van der Waals surface area contributed by atoms with Crippen LogP contribution in [0.1, 0.15) is 11.1 Å². The van der Waals surface area contributed by atoms with E-state index in [0.29, 0.717) is 19.8 Å². The highest BCUT2D eigenvalue weighted by molar-refractivity contribution is 5.89. The summed E-state index contributed by atoms with van der Waals surface area (Å²) in [7, 11) is 0. The van der Waals surface area contributed by atoms with Crippen molar-refractivity contribution in [2.45, 2.75) is 13.5 Å². The molecule has 2 amide bonds. The first-order valence-electron chi connectivity index (χ1n) is 7.21. The smallest absolute Gasteiger partial charge is 0.319 e. The zero-order valence-corrected chi connectivity index (χ0v) is 12.4. The van der Waals surface area contributed by atoms with Crippen molar-refractivity contribution >= 4 is 11.7 Å². The first kappa shape index (κ1) is 14.3. The van der Waals surface area contributed by atoms with Gasteiger partial charge in [-0.15, -0.1) is 0 Å². The van der Waals surface area contributed by atoms with Crippen LogP contribution in [0.2, 0.25) is 0 Å². The number of nitrogens with one attached hydrogen (secondary N) is 2. The van der Waals surface area contributed by atoms with Crippen molar-refractivity contribution in [3.8, 4) is 11.5 Å². The minimum absolute atomic E-state index is 0.236. The Labute approximate surface area is 129 Å². The molecule has 0 fully saturated rings. The van der Waals surface area contributed by atoms with Gasteiger partial charge in [-0.05, 0) is 42.3 Å². The van der Waals surface area contributed by atoms with E-state index in [9.17, 15) is 4.79 Å². The maximum Gasteiger partial charge on any atom is 0.319 e. The summed E-state index contributed by atoms with van der Waals surface area (Å²) in [6.07, 6.45) is 0. The standard InChI is InChI=1S/C17H18N2O3/c1-12-9-15-16(22-8-7-21-15)10-13(12)11-18-17(20)19-14-5-3-2-4-6-14/h2-6,9-10H,7-8,11H2,1H3,(H2,18,19,20). The Morgan fingerprint density at radius 2 is 1.77 bits per heavy atom. The quantitative estimate of drug-likeness (QED) is 0.915. The summed E-state index contributed by atoms with van der Waals surface area (Å²) < 4.78 is 11.1. The number of hydrogen-bond donors (Lipinski definition) is 2. The highest BCUT2D eigenvalue weighted by atomic mass is 16.6. The number of para-hydroxylation sites is 1. The maximum absolute atomic E-state index is 11.9. The minimum atomic E-state index is -0.236. The van der Waals surface area contributed by atoms with Gasteiger partial charge in [0, 0.05) is 12.2 Å². The SMILES string of the molecule is Cc1cc2c(cc1CNC(=O)Nc1ccccc1)OCCO2. The Balaban J connectivity index is 1.62. The molecule has 0 aromatic heterocycles. The Kier molecular flexibility index (Phi) is 4.14. The topological polar surface area (TPSA) is 59.6 Å². The third-order valence-electron chi connectivity index (χ3n) is 3.47. The maximum atomic E-state index is 11.9. The normalized spacial score (nSPS) is 12.6. The van der Waals surface area contributed by atoms with Gasteiger partial charge in [0.05, 0.1) is 0 Å². The third-order valence-corrected chi connectivity index (χ3v) is 3.47. The largest absolute Gasteiger partial charge is 0.486 e. The van der Waals surface area contributed by atoms with Crippen LogP contribution < -0.4 is 20.1 Å². The second-order valence-electron chi connectivity index (χ2n) is 5.10. The number of amides is 2. The van der Waals surface area contributed by atoms with Crippen LogP contribution in [-0.2, 0) is 6.54 Å². The average Bonchev–Trinajstić information content (AvgIpc) is 2.54. The molecule has 0 unspecified atom stereocenters. The van der Waals surface area contributed by atoms with Crippen LogP contribution in [0.3, 0.4) is 0 Å². The van der Waals surface area contributed by atoms with Crippen molar-refractivity contribution in [2.24, 2.45) is 0 Å². The monoisotopic (exact) mass is 298 g/mol. The molecule has 0 bridgehead atoms. The zero-order valence-electron chi connectivity index (χ0n) is 12.4. The Hall–Kier alpha value is -2.69. The summed E-state index contributed by atoms with van der Waals surface area (Å²) in [5.74, 6) is 1.50. The lowest BCUT2D eigenvalue weighted by Crippen LogP contribution is -2.28. The van der Waals surface area contributed by atoms with Crippen molar-refractivity contribution < 1.29 is 14.3 Å². The molecule has 2 N–H and O–H groups in total. The molecule has 5 heteroatoms. The van der Waals surface area contributed by atoms with Gasteiger partial charge in [0.1, 0.15) is 13.2 Å². The molecule has 3 rings (SSSR count). The van der Waals surface area contributed by atoms with Crippen molar-refractivity contribution in [3.63, 3.8) is 0 Å². The molecule has 2 aromatic carbocycles. The highest BCUT2D eigenvalue weighted by Gasteiger charge is 2.14. The fraction of sp³-hybridized carbons (Fsp3) is 0.235. The van der Waals surface area contributed by atoms with Gasteiger partial charge >= 0.3 is 6.03 Å². The Bertz CT molecular complexity index is 671. The summed E-state index contributed by atoms with van der Waals surface area (Å²) in [5, 5.41) is 5.64. The number of benzene rings is 2. The van der Waals surface area contributed by atoms with Crippen molar-refractivity contribution in [1.29, 1.82) is 0 Å². The molecule has 0 saturated carbocycles. The van der Waals surface area contributed by atoms with Gasteiger partial charge in [0.25, 0.3) is 0 Å². The third kappa shape index (κ3) is 3.31. The van der Waals surface area contributed by atoms with Crippen LogP contribution in [0.4, 0.5) is 10.5 Å². The van der Waals surface area contributed by atoms with E-state index in [0.717, 1.165) is 28.3 Å². The van der Waals surface area contributed by atoms with Crippen LogP contribution in [0.15, 0.2) is 42.5 Å². The number of anilines is 1.